The fourth-order valence-electron chi connectivity index (χ4n) is 1.28. The van der Waals surface area contributed by atoms with Crippen LogP contribution in [0.1, 0.15) is 33.6 Å². The van der Waals surface area contributed by atoms with Crippen molar-refractivity contribution in [3.8, 4) is 0 Å². The van der Waals surface area contributed by atoms with Gasteiger partial charge in [-0.3, -0.25) is 0 Å². The summed E-state index contributed by atoms with van der Waals surface area (Å²) in [5, 5.41) is 11.5. The molecular formula is C11H22N2O3. The Morgan fingerprint density at radius 3 is 2.19 bits per heavy atom. The van der Waals surface area contributed by atoms with Gasteiger partial charge in [-0.2, -0.15) is 0 Å². The van der Waals surface area contributed by atoms with E-state index < -0.39 is 12.0 Å². The smallest absolute Gasteiger partial charge is 0.326 e. The van der Waals surface area contributed by atoms with Crippen molar-refractivity contribution in [1.29, 1.82) is 0 Å². The van der Waals surface area contributed by atoms with Crippen LogP contribution in [-0.2, 0) is 4.79 Å². The van der Waals surface area contributed by atoms with Crippen molar-refractivity contribution in [2.24, 2.45) is 5.92 Å². The number of carboxylic acid groups (broad SMARTS) is 1. The first kappa shape index (κ1) is 14.7. The summed E-state index contributed by atoms with van der Waals surface area (Å²) >= 11 is 0. The number of nitrogens with one attached hydrogen (secondary N) is 1. The van der Waals surface area contributed by atoms with Gasteiger partial charge in [0.2, 0.25) is 0 Å². The van der Waals surface area contributed by atoms with Gasteiger partial charge >= 0.3 is 12.0 Å². The zero-order chi connectivity index (χ0) is 12.7. The lowest BCUT2D eigenvalue weighted by Crippen LogP contribution is -2.46. The average Bonchev–Trinajstić information content (AvgIpc) is 2.27. The first-order valence-electron chi connectivity index (χ1n) is 5.67. The van der Waals surface area contributed by atoms with Crippen LogP contribution in [0.5, 0.6) is 0 Å². The summed E-state index contributed by atoms with van der Waals surface area (Å²) in [4.78, 5) is 23.4. The van der Waals surface area contributed by atoms with E-state index in [1.165, 1.54) is 18.9 Å². The normalized spacial score (nSPS) is 12.3. The molecule has 0 aromatic heterocycles. The van der Waals surface area contributed by atoms with Crippen molar-refractivity contribution in [2.45, 2.75) is 39.7 Å². The van der Waals surface area contributed by atoms with E-state index in [0.717, 1.165) is 12.8 Å². The number of carbonyl (C=O) groups excluding carboxylic acids is 1. The van der Waals surface area contributed by atoms with Gasteiger partial charge in [-0.15, -0.1) is 0 Å². The molecule has 0 rings (SSSR count). The number of aliphatic carboxylic acids is 1. The van der Waals surface area contributed by atoms with Gasteiger partial charge in [-0.1, -0.05) is 26.7 Å². The summed E-state index contributed by atoms with van der Waals surface area (Å²) < 4.78 is 0. The fourth-order valence-corrected chi connectivity index (χ4v) is 1.28. The molecule has 0 radical (unpaired) electrons. The van der Waals surface area contributed by atoms with Gasteiger partial charge in [0, 0.05) is 13.6 Å². The molecule has 5 heteroatoms. The highest BCUT2D eigenvalue weighted by Gasteiger charge is 2.21. The topological polar surface area (TPSA) is 69.6 Å². The van der Waals surface area contributed by atoms with Gasteiger partial charge in [0.25, 0.3) is 0 Å². The zero-order valence-corrected chi connectivity index (χ0v) is 10.5. The molecule has 5 nitrogen and oxygen atoms in total. The molecule has 1 atom stereocenters. The number of hydrogen-bond donors (Lipinski definition) is 2. The molecule has 0 aliphatic carbocycles. The Bertz CT molecular complexity index is 239. The van der Waals surface area contributed by atoms with Crippen LogP contribution in [0.15, 0.2) is 0 Å². The highest BCUT2D eigenvalue weighted by atomic mass is 16.4. The van der Waals surface area contributed by atoms with Crippen molar-refractivity contribution in [3.05, 3.63) is 0 Å². The Labute approximate surface area is 96.8 Å². The first-order valence-corrected chi connectivity index (χ1v) is 5.67. The number of carbonyl (C=O) groups is 2. The molecular weight excluding hydrogens is 208 g/mol. The third-order valence-corrected chi connectivity index (χ3v) is 2.96. The monoisotopic (exact) mass is 230 g/mol. The minimum Gasteiger partial charge on any atom is -0.480 e. The van der Waals surface area contributed by atoms with E-state index >= 15 is 0 Å². The summed E-state index contributed by atoms with van der Waals surface area (Å²) in [7, 11) is 1.49. The van der Waals surface area contributed by atoms with Gasteiger partial charge < -0.3 is 15.3 Å². The van der Waals surface area contributed by atoms with Crippen LogP contribution in [0.4, 0.5) is 4.79 Å². The number of carboxylic acids is 1. The summed E-state index contributed by atoms with van der Waals surface area (Å²) in [6, 6.07) is -1.14. The van der Waals surface area contributed by atoms with Crippen molar-refractivity contribution < 1.29 is 14.7 Å². The summed E-state index contributed by atoms with van der Waals surface area (Å²) in [6.45, 7) is 6.23. The molecule has 0 aromatic carbocycles. The molecule has 2 amide bonds. The summed E-state index contributed by atoms with van der Waals surface area (Å²) in [6.07, 6.45) is 2.02. The predicted molar refractivity (Wildman–Crippen MR) is 62.3 cm³/mol. The standard InChI is InChI=1S/C11H22N2O3/c1-5-9(6-2)7-12-11(16)13(4)8(3)10(14)15/h8-9H,5-7H2,1-4H3,(H,12,16)(H,14,15). The third-order valence-electron chi connectivity index (χ3n) is 2.96. The molecule has 0 fully saturated rings. The summed E-state index contributed by atoms with van der Waals surface area (Å²) in [5.74, 6) is -0.544. The Hall–Kier alpha value is -1.26. The van der Waals surface area contributed by atoms with Crippen molar-refractivity contribution in [2.75, 3.05) is 13.6 Å². The van der Waals surface area contributed by atoms with Gasteiger partial charge in [0.15, 0.2) is 0 Å². The molecule has 2 N–H and O–H groups in total. The second kappa shape index (κ2) is 7.09. The van der Waals surface area contributed by atoms with E-state index in [2.05, 4.69) is 19.2 Å². The Morgan fingerprint density at radius 1 is 1.31 bits per heavy atom. The highest BCUT2D eigenvalue weighted by Crippen LogP contribution is 2.05. The Balaban J connectivity index is 4.10. The lowest BCUT2D eigenvalue weighted by Gasteiger charge is -2.23. The molecule has 0 aromatic rings. The average molecular weight is 230 g/mol. The maximum Gasteiger partial charge on any atom is 0.326 e. The number of nitrogens with zero attached hydrogens (tertiary/aromatic N) is 1. The van der Waals surface area contributed by atoms with Crippen molar-refractivity contribution in [1.82, 2.24) is 10.2 Å². The second-order valence-electron chi connectivity index (χ2n) is 3.99. The lowest BCUT2D eigenvalue weighted by molar-refractivity contribution is -0.141. The molecule has 0 aliphatic rings. The highest BCUT2D eigenvalue weighted by molar-refractivity contribution is 5.82. The van der Waals surface area contributed by atoms with Gasteiger partial charge in [-0.05, 0) is 12.8 Å². The first-order chi connectivity index (χ1) is 7.43. The molecule has 0 saturated carbocycles. The van der Waals surface area contributed by atoms with Crippen LogP contribution >= 0.6 is 0 Å². The SMILES string of the molecule is CCC(CC)CNC(=O)N(C)C(C)C(=O)O. The number of hydrogen-bond acceptors (Lipinski definition) is 2. The quantitative estimate of drug-likeness (QED) is 0.727. The minimum absolute atomic E-state index is 0.332. The summed E-state index contributed by atoms with van der Waals surface area (Å²) in [5.41, 5.74) is 0. The van der Waals surface area contributed by atoms with Crippen LogP contribution in [0.25, 0.3) is 0 Å². The van der Waals surface area contributed by atoms with E-state index in [1.54, 1.807) is 0 Å². The van der Waals surface area contributed by atoms with Crippen molar-refractivity contribution >= 4 is 12.0 Å². The number of urea groups is 1. The molecule has 94 valence electrons. The van der Waals surface area contributed by atoms with Crippen LogP contribution in [0, 0.1) is 5.92 Å². The molecule has 0 aliphatic heterocycles. The van der Waals surface area contributed by atoms with E-state index in [4.69, 9.17) is 5.11 Å². The van der Waals surface area contributed by atoms with E-state index in [9.17, 15) is 9.59 Å². The molecule has 0 heterocycles. The third kappa shape index (κ3) is 4.51. The fraction of sp³-hybridized carbons (Fsp3) is 0.818. The maximum atomic E-state index is 11.6. The lowest BCUT2D eigenvalue weighted by atomic mass is 10.0. The maximum absolute atomic E-state index is 11.6. The zero-order valence-electron chi connectivity index (χ0n) is 10.5. The van der Waals surface area contributed by atoms with E-state index in [0.29, 0.717) is 12.5 Å². The molecule has 0 saturated heterocycles. The van der Waals surface area contributed by atoms with Gasteiger partial charge in [0.1, 0.15) is 6.04 Å². The number of rotatable bonds is 6. The van der Waals surface area contributed by atoms with Crippen LogP contribution in [0.2, 0.25) is 0 Å². The molecule has 0 bridgehead atoms. The van der Waals surface area contributed by atoms with Gasteiger partial charge in [-0.25, -0.2) is 9.59 Å². The molecule has 0 spiro atoms. The Kier molecular flexibility index (Phi) is 6.53. The van der Waals surface area contributed by atoms with Crippen LogP contribution in [-0.4, -0.2) is 41.6 Å². The van der Waals surface area contributed by atoms with Crippen LogP contribution in [0.3, 0.4) is 0 Å². The van der Waals surface area contributed by atoms with Crippen molar-refractivity contribution in [3.63, 3.8) is 0 Å². The van der Waals surface area contributed by atoms with Gasteiger partial charge in [0.05, 0.1) is 0 Å². The predicted octanol–water partition coefficient (Wildman–Crippen LogP) is 1.54. The minimum atomic E-state index is -1.000. The molecule has 1 unspecified atom stereocenters. The van der Waals surface area contributed by atoms with E-state index in [-0.39, 0.29) is 6.03 Å². The second-order valence-corrected chi connectivity index (χ2v) is 3.99. The largest absolute Gasteiger partial charge is 0.480 e. The van der Waals surface area contributed by atoms with Crippen LogP contribution < -0.4 is 5.32 Å². The number of likely N-dealkylation sites (N-methyl/N-ethyl adjacent to an activating group) is 1. The molecule has 16 heavy (non-hydrogen) atoms. The van der Waals surface area contributed by atoms with E-state index in [1.807, 2.05) is 0 Å². The Morgan fingerprint density at radius 2 is 1.81 bits per heavy atom. The number of amides is 2.